The maximum Gasteiger partial charge on any atom is 0.122 e. The average molecular weight is 252 g/mol. The molecule has 1 N–H and O–H groups in total. The van der Waals surface area contributed by atoms with Crippen LogP contribution in [0, 0.1) is 0 Å². The molecule has 2 rings (SSSR count). The zero-order chi connectivity index (χ0) is 13.0. The fourth-order valence-electron chi connectivity index (χ4n) is 2.21. The lowest BCUT2D eigenvalue weighted by atomic mass is 10.2. The Kier molecular flexibility index (Phi) is 4.80. The summed E-state index contributed by atoms with van der Waals surface area (Å²) in [4.78, 5) is 2.39. The van der Waals surface area contributed by atoms with Crippen molar-refractivity contribution in [3.05, 3.63) is 23.7 Å². The van der Waals surface area contributed by atoms with Gasteiger partial charge in [-0.2, -0.15) is 0 Å². The van der Waals surface area contributed by atoms with E-state index < -0.39 is 0 Å². The topological polar surface area (TPSA) is 37.6 Å². The third-order valence-corrected chi connectivity index (χ3v) is 3.23. The minimum Gasteiger partial charge on any atom is -0.468 e. The van der Waals surface area contributed by atoms with Crippen molar-refractivity contribution in [2.75, 3.05) is 19.7 Å². The van der Waals surface area contributed by atoms with Gasteiger partial charge in [0.2, 0.25) is 0 Å². The molecule has 102 valence electrons. The summed E-state index contributed by atoms with van der Waals surface area (Å²) in [7, 11) is 0. The molecule has 0 amide bonds. The first kappa shape index (κ1) is 13.6. The molecule has 0 saturated carbocycles. The van der Waals surface area contributed by atoms with Crippen LogP contribution in [0.25, 0.3) is 0 Å². The monoisotopic (exact) mass is 252 g/mol. The molecule has 0 aromatic carbocycles. The van der Waals surface area contributed by atoms with Crippen LogP contribution in [0.1, 0.15) is 32.1 Å². The Morgan fingerprint density at radius 2 is 2.33 bits per heavy atom. The van der Waals surface area contributed by atoms with Crippen molar-refractivity contribution in [1.82, 2.24) is 10.2 Å². The number of rotatable bonds is 5. The highest BCUT2D eigenvalue weighted by Gasteiger charge is 2.19. The van der Waals surface area contributed by atoms with Crippen LogP contribution in [0.15, 0.2) is 16.7 Å². The van der Waals surface area contributed by atoms with Gasteiger partial charge in [-0.15, -0.1) is 0 Å². The van der Waals surface area contributed by atoms with E-state index >= 15 is 0 Å². The Morgan fingerprint density at radius 3 is 3.06 bits per heavy atom. The lowest BCUT2D eigenvalue weighted by Crippen LogP contribution is -2.40. The van der Waals surface area contributed by atoms with Crippen molar-refractivity contribution in [2.45, 2.75) is 46.0 Å². The summed E-state index contributed by atoms with van der Waals surface area (Å²) in [5, 5.41) is 3.43. The highest BCUT2D eigenvalue weighted by molar-refractivity contribution is 5.17. The molecule has 4 heteroatoms. The summed E-state index contributed by atoms with van der Waals surface area (Å²) >= 11 is 0. The molecule has 4 nitrogen and oxygen atoms in total. The number of nitrogens with zero attached hydrogens (tertiary/aromatic N) is 1. The summed E-state index contributed by atoms with van der Waals surface area (Å²) in [6.07, 6.45) is 2.11. The summed E-state index contributed by atoms with van der Waals surface area (Å²) in [5.74, 6) is 1.08. The Labute approximate surface area is 109 Å². The summed E-state index contributed by atoms with van der Waals surface area (Å²) in [6.45, 7) is 11.0. The summed E-state index contributed by atoms with van der Waals surface area (Å²) in [5.41, 5.74) is 1.27. The quantitative estimate of drug-likeness (QED) is 0.870. The number of hydrogen-bond acceptors (Lipinski definition) is 4. The molecule has 1 fully saturated rings. The first-order valence-corrected chi connectivity index (χ1v) is 6.77. The number of ether oxygens (including phenoxy) is 1. The van der Waals surface area contributed by atoms with Crippen LogP contribution in [0.4, 0.5) is 0 Å². The predicted molar refractivity (Wildman–Crippen MR) is 71.4 cm³/mol. The molecule has 1 aromatic heterocycles. The largest absolute Gasteiger partial charge is 0.468 e. The predicted octanol–water partition coefficient (Wildman–Crippen LogP) is 2.00. The second kappa shape index (κ2) is 6.36. The van der Waals surface area contributed by atoms with Gasteiger partial charge in [-0.1, -0.05) is 13.8 Å². The summed E-state index contributed by atoms with van der Waals surface area (Å²) < 4.78 is 11.2. The second-order valence-electron chi connectivity index (χ2n) is 5.32. The normalized spacial score (nSPS) is 21.7. The fraction of sp³-hybridized carbons (Fsp3) is 0.714. The van der Waals surface area contributed by atoms with E-state index in [1.165, 1.54) is 5.56 Å². The van der Waals surface area contributed by atoms with Crippen LogP contribution >= 0.6 is 0 Å². The number of morpholine rings is 1. The van der Waals surface area contributed by atoms with Gasteiger partial charge in [0, 0.05) is 31.2 Å². The lowest BCUT2D eigenvalue weighted by Gasteiger charge is -2.30. The van der Waals surface area contributed by atoms with Crippen molar-refractivity contribution < 1.29 is 9.15 Å². The molecule has 0 bridgehead atoms. The highest BCUT2D eigenvalue weighted by Crippen LogP contribution is 2.15. The number of furan rings is 1. The van der Waals surface area contributed by atoms with Gasteiger partial charge in [0.05, 0.1) is 25.5 Å². The van der Waals surface area contributed by atoms with Crippen molar-refractivity contribution in [3.63, 3.8) is 0 Å². The Balaban J connectivity index is 1.90. The molecule has 1 saturated heterocycles. The van der Waals surface area contributed by atoms with Crippen LogP contribution in [0.2, 0.25) is 0 Å². The van der Waals surface area contributed by atoms with Crippen LogP contribution in [-0.4, -0.2) is 36.7 Å². The van der Waals surface area contributed by atoms with Crippen molar-refractivity contribution in [2.24, 2.45) is 0 Å². The van der Waals surface area contributed by atoms with E-state index in [9.17, 15) is 0 Å². The molecule has 1 unspecified atom stereocenters. The number of nitrogens with one attached hydrogen (secondary N) is 1. The van der Waals surface area contributed by atoms with Gasteiger partial charge in [-0.25, -0.2) is 0 Å². The molecule has 0 spiro atoms. The van der Waals surface area contributed by atoms with Gasteiger partial charge in [0.15, 0.2) is 0 Å². The second-order valence-corrected chi connectivity index (χ2v) is 5.32. The first-order chi connectivity index (χ1) is 8.65. The molecule has 1 atom stereocenters. The van der Waals surface area contributed by atoms with Gasteiger partial charge >= 0.3 is 0 Å². The smallest absolute Gasteiger partial charge is 0.122 e. The zero-order valence-electron chi connectivity index (χ0n) is 11.6. The van der Waals surface area contributed by atoms with Crippen LogP contribution in [0.3, 0.4) is 0 Å². The maximum absolute atomic E-state index is 5.61. The van der Waals surface area contributed by atoms with Crippen molar-refractivity contribution >= 4 is 0 Å². The van der Waals surface area contributed by atoms with E-state index in [0.717, 1.165) is 38.5 Å². The molecule has 18 heavy (non-hydrogen) atoms. The van der Waals surface area contributed by atoms with Crippen LogP contribution in [-0.2, 0) is 17.8 Å². The van der Waals surface area contributed by atoms with E-state index in [2.05, 4.69) is 37.1 Å². The molecule has 1 aliphatic rings. The molecular weight excluding hydrogens is 228 g/mol. The molecule has 2 heterocycles. The van der Waals surface area contributed by atoms with E-state index in [-0.39, 0.29) is 0 Å². The Hall–Kier alpha value is -0.840. The standard InChI is InChI=1S/C14H24N2O2/c1-11(2)15-8-13-4-6-18-14(13)10-16-5-7-17-12(3)9-16/h4,6,11-12,15H,5,7-10H2,1-3H3. The van der Waals surface area contributed by atoms with Gasteiger partial charge in [0.25, 0.3) is 0 Å². The molecule has 1 aromatic rings. The summed E-state index contributed by atoms with van der Waals surface area (Å²) in [6, 6.07) is 2.56. The van der Waals surface area contributed by atoms with E-state index in [0.29, 0.717) is 12.1 Å². The van der Waals surface area contributed by atoms with E-state index in [1.54, 1.807) is 6.26 Å². The molecule has 0 radical (unpaired) electrons. The van der Waals surface area contributed by atoms with E-state index in [1.807, 2.05) is 0 Å². The Bertz CT molecular complexity index is 362. The van der Waals surface area contributed by atoms with Crippen molar-refractivity contribution in [3.8, 4) is 0 Å². The Morgan fingerprint density at radius 1 is 1.50 bits per heavy atom. The van der Waals surface area contributed by atoms with Crippen LogP contribution < -0.4 is 5.32 Å². The highest BCUT2D eigenvalue weighted by atomic mass is 16.5. The average Bonchev–Trinajstić information content (AvgIpc) is 2.74. The fourth-order valence-corrected chi connectivity index (χ4v) is 2.21. The molecule has 1 aliphatic heterocycles. The number of hydrogen-bond donors (Lipinski definition) is 1. The third kappa shape index (κ3) is 3.83. The SMILES string of the molecule is CC(C)NCc1ccoc1CN1CCOC(C)C1. The minimum absolute atomic E-state index is 0.325. The van der Waals surface area contributed by atoms with Gasteiger partial charge in [-0.3, -0.25) is 4.90 Å². The minimum atomic E-state index is 0.325. The van der Waals surface area contributed by atoms with E-state index in [4.69, 9.17) is 9.15 Å². The van der Waals surface area contributed by atoms with Gasteiger partial charge in [-0.05, 0) is 13.0 Å². The van der Waals surface area contributed by atoms with Crippen LogP contribution in [0.5, 0.6) is 0 Å². The first-order valence-electron chi connectivity index (χ1n) is 6.77. The van der Waals surface area contributed by atoms with Gasteiger partial charge < -0.3 is 14.5 Å². The lowest BCUT2D eigenvalue weighted by molar-refractivity contribution is -0.0232. The van der Waals surface area contributed by atoms with Gasteiger partial charge in [0.1, 0.15) is 5.76 Å². The third-order valence-electron chi connectivity index (χ3n) is 3.23. The van der Waals surface area contributed by atoms with Crippen molar-refractivity contribution in [1.29, 1.82) is 0 Å². The molecule has 0 aliphatic carbocycles. The maximum atomic E-state index is 5.61. The zero-order valence-corrected chi connectivity index (χ0v) is 11.6. The molecular formula is C14H24N2O2.